The SMILES string of the molecule is Cn1nc2c(c1C#N)CN(C(=O)OC(C)(C)C)CC2. The largest absolute Gasteiger partial charge is 0.444 e. The van der Waals surface area contributed by atoms with Gasteiger partial charge in [0.2, 0.25) is 0 Å². The zero-order valence-electron chi connectivity index (χ0n) is 11.7. The quantitative estimate of drug-likeness (QED) is 0.711. The molecule has 1 aromatic heterocycles. The summed E-state index contributed by atoms with van der Waals surface area (Å²) in [6.07, 6.45) is 0.315. The Balaban J connectivity index is 2.18. The minimum atomic E-state index is -0.510. The molecule has 2 heterocycles. The Hall–Kier alpha value is -2.03. The summed E-state index contributed by atoms with van der Waals surface area (Å²) >= 11 is 0. The van der Waals surface area contributed by atoms with E-state index in [1.807, 2.05) is 20.8 Å². The minimum Gasteiger partial charge on any atom is -0.444 e. The molecule has 0 unspecified atom stereocenters. The first kappa shape index (κ1) is 13.4. The summed E-state index contributed by atoms with van der Waals surface area (Å²) in [5, 5.41) is 13.4. The van der Waals surface area contributed by atoms with Gasteiger partial charge < -0.3 is 9.64 Å². The Morgan fingerprint density at radius 2 is 2.16 bits per heavy atom. The van der Waals surface area contributed by atoms with Crippen molar-refractivity contribution < 1.29 is 9.53 Å². The third kappa shape index (κ3) is 2.70. The summed E-state index contributed by atoms with van der Waals surface area (Å²) in [5.41, 5.74) is 1.74. The predicted molar refractivity (Wildman–Crippen MR) is 68.3 cm³/mol. The highest BCUT2D eigenvalue weighted by molar-refractivity contribution is 5.68. The number of hydrogen-bond donors (Lipinski definition) is 0. The van der Waals surface area contributed by atoms with Crippen LogP contribution < -0.4 is 0 Å². The average molecular weight is 262 g/mol. The molecule has 0 bridgehead atoms. The second kappa shape index (κ2) is 4.57. The van der Waals surface area contributed by atoms with Gasteiger partial charge in [-0.2, -0.15) is 10.4 Å². The van der Waals surface area contributed by atoms with Crippen molar-refractivity contribution in [3.05, 3.63) is 17.0 Å². The summed E-state index contributed by atoms with van der Waals surface area (Å²) in [7, 11) is 1.74. The number of nitriles is 1. The number of amides is 1. The molecule has 19 heavy (non-hydrogen) atoms. The van der Waals surface area contributed by atoms with E-state index < -0.39 is 5.60 Å². The Morgan fingerprint density at radius 3 is 2.74 bits per heavy atom. The molecule has 0 N–H and O–H groups in total. The van der Waals surface area contributed by atoms with Gasteiger partial charge in [0.15, 0.2) is 0 Å². The number of aryl methyl sites for hydroxylation is 1. The van der Waals surface area contributed by atoms with E-state index in [0.717, 1.165) is 11.3 Å². The number of carbonyl (C=O) groups excluding carboxylic acids is 1. The highest BCUT2D eigenvalue weighted by Gasteiger charge is 2.29. The van der Waals surface area contributed by atoms with Gasteiger partial charge in [0, 0.05) is 25.6 Å². The number of nitrogens with zero attached hydrogens (tertiary/aromatic N) is 4. The summed E-state index contributed by atoms with van der Waals surface area (Å²) in [6, 6.07) is 2.13. The molecular weight excluding hydrogens is 244 g/mol. The van der Waals surface area contributed by atoms with Crippen LogP contribution in [-0.2, 0) is 24.8 Å². The van der Waals surface area contributed by atoms with Crippen molar-refractivity contribution in [3.8, 4) is 6.07 Å². The van der Waals surface area contributed by atoms with Crippen LogP contribution in [0.5, 0.6) is 0 Å². The zero-order chi connectivity index (χ0) is 14.2. The fraction of sp³-hybridized carbons (Fsp3) is 0.615. The lowest BCUT2D eigenvalue weighted by Crippen LogP contribution is -2.39. The van der Waals surface area contributed by atoms with Crippen molar-refractivity contribution in [1.82, 2.24) is 14.7 Å². The second-order valence-corrected chi connectivity index (χ2v) is 5.66. The van der Waals surface area contributed by atoms with Crippen LogP contribution in [0.4, 0.5) is 4.79 Å². The molecule has 6 heteroatoms. The highest BCUT2D eigenvalue weighted by atomic mass is 16.6. The van der Waals surface area contributed by atoms with Crippen LogP contribution in [0.3, 0.4) is 0 Å². The van der Waals surface area contributed by atoms with E-state index in [1.54, 1.807) is 16.6 Å². The Bertz CT molecular complexity index is 548. The molecule has 0 radical (unpaired) electrons. The van der Waals surface area contributed by atoms with Crippen molar-refractivity contribution in [2.45, 2.75) is 39.3 Å². The normalized spacial score (nSPS) is 14.8. The Labute approximate surface area is 112 Å². The van der Waals surface area contributed by atoms with Gasteiger partial charge in [-0.25, -0.2) is 4.79 Å². The molecule has 1 aromatic rings. The van der Waals surface area contributed by atoms with E-state index in [2.05, 4.69) is 11.2 Å². The molecular formula is C13H18N4O2. The minimum absolute atomic E-state index is 0.342. The lowest BCUT2D eigenvalue weighted by molar-refractivity contribution is 0.0223. The van der Waals surface area contributed by atoms with Gasteiger partial charge in [-0.1, -0.05) is 0 Å². The highest BCUT2D eigenvalue weighted by Crippen LogP contribution is 2.22. The zero-order valence-corrected chi connectivity index (χ0v) is 11.7. The smallest absolute Gasteiger partial charge is 0.410 e. The van der Waals surface area contributed by atoms with Crippen molar-refractivity contribution in [1.29, 1.82) is 5.26 Å². The first-order valence-electron chi connectivity index (χ1n) is 6.24. The molecule has 0 spiro atoms. The molecule has 1 aliphatic heterocycles. The number of hydrogen-bond acceptors (Lipinski definition) is 4. The average Bonchev–Trinajstić information content (AvgIpc) is 2.60. The van der Waals surface area contributed by atoms with E-state index >= 15 is 0 Å². The molecule has 0 fully saturated rings. The van der Waals surface area contributed by atoms with Gasteiger partial charge in [0.05, 0.1) is 12.2 Å². The molecule has 6 nitrogen and oxygen atoms in total. The lowest BCUT2D eigenvalue weighted by Gasteiger charge is -2.29. The van der Waals surface area contributed by atoms with E-state index in [4.69, 9.17) is 10.00 Å². The van der Waals surface area contributed by atoms with Crippen molar-refractivity contribution in [2.24, 2.45) is 7.05 Å². The maximum atomic E-state index is 12.0. The molecule has 1 amide bonds. The summed E-state index contributed by atoms with van der Waals surface area (Å²) in [6.45, 7) is 6.48. The van der Waals surface area contributed by atoms with Gasteiger partial charge in [-0.3, -0.25) is 4.68 Å². The van der Waals surface area contributed by atoms with Gasteiger partial charge >= 0.3 is 6.09 Å². The molecule has 0 aliphatic carbocycles. The van der Waals surface area contributed by atoms with E-state index in [9.17, 15) is 4.79 Å². The monoisotopic (exact) mass is 262 g/mol. The number of ether oxygens (including phenoxy) is 1. The number of carbonyl (C=O) groups is 1. The third-order valence-corrected chi connectivity index (χ3v) is 2.95. The van der Waals surface area contributed by atoms with Gasteiger partial charge in [-0.05, 0) is 20.8 Å². The molecule has 0 aromatic carbocycles. The predicted octanol–water partition coefficient (Wildman–Crippen LogP) is 1.58. The van der Waals surface area contributed by atoms with E-state index in [0.29, 0.717) is 25.2 Å². The number of fused-ring (bicyclic) bond motifs is 1. The van der Waals surface area contributed by atoms with Gasteiger partial charge in [0.1, 0.15) is 17.4 Å². The van der Waals surface area contributed by atoms with Crippen LogP contribution in [0.1, 0.15) is 37.7 Å². The van der Waals surface area contributed by atoms with Crippen LogP contribution in [0.25, 0.3) is 0 Å². The van der Waals surface area contributed by atoms with Crippen molar-refractivity contribution in [2.75, 3.05) is 6.54 Å². The molecule has 0 saturated heterocycles. The van der Waals surface area contributed by atoms with Crippen LogP contribution >= 0.6 is 0 Å². The summed E-state index contributed by atoms with van der Waals surface area (Å²) < 4.78 is 6.92. The maximum absolute atomic E-state index is 12.0. The lowest BCUT2D eigenvalue weighted by atomic mass is 10.1. The molecule has 2 rings (SSSR count). The molecule has 0 saturated carbocycles. The first-order valence-corrected chi connectivity index (χ1v) is 6.24. The molecule has 1 aliphatic rings. The van der Waals surface area contributed by atoms with Crippen molar-refractivity contribution >= 4 is 6.09 Å². The fourth-order valence-electron chi connectivity index (χ4n) is 2.12. The van der Waals surface area contributed by atoms with Crippen molar-refractivity contribution in [3.63, 3.8) is 0 Å². The van der Waals surface area contributed by atoms with Gasteiger partial charge in [0.25, 0.3) is 0 Å². The van der Waals surface area contributed by atoms with Gasteiger partial charge in [-0.15, -0.1) is 0 Å². The van der Waals surface area contributed by atoms with E-state index in [1.165, 1.54) is 0 Å². The Kier molecular flexibility index (Phi) is 3.23. The molecule has 0 atom stereocenters. The summed E-state index contributed by atoms with van der Waals surface area (Å²) in [4.78, 5) is 13.6. The van der Waals surface area contributed by atoms with Crippen LogP contribution in [-0.4, -0.2) is 32.9 Å². The molecule has 102 valence electrons. The first-order chi connectivity index (χ1) is 8.81. The van der Waals surface area contributed by atoms with Crippen LogP contribution in [0.15, 0.2) is 0 Å². The standard InChI is InChI=1S/C13H18N4O2/c1-13(2,3)19-12(18)17-6-5-10-9(8-17)11(7-14)16(4)15-10/h5-6,8H2,1-4H3. The van der Waals surface area contributed by atoms with Crippen LogP contribution in [0, 0.1) is 11.3 Å². The number of rotatable bonds is 0. The second-order valence-electron chi connectivity index (χ2n) is 5.66. The fourth-order valence-corrected chi connectivity index (χ4v) is 2.12. The van der Waals surface area contributed by atoms with E-state index in [-0.39, 0.29) is 6.09 Å². The van der Waals surface area contributed by atoms with Crippen LogP contribution in [0.2, 0.25) is 0 Å². The topological polar surface area (TPSA) is 71.2 Å². The maximum Gasteiger partial charge on any atom is 0.410 e. The number of aromatic nitrogens is 2. The Morgan fingerprint density at radius 1 is 1.47 bits per heavy atom. The summed E-state index contributed by atoms with van der Waals surface area (Å²) in [5.74, 6) is 0. The third-order valence-electron chi connectivity index (χ3n) is 2.95.